The Hall–Kier alpha value is -0.690. The Bertz CT molecular complexity index is 280. The lowest BCUT2D eigenvalue weighted by Crippen LogP contribution is -2.16. The van der Waals surface area contributed by atoms with Crippen LogP contribution in [0.25, 0.3) is 0 Å². The van der Waals surface area contributed by atoms with Crippen molar-refractivity contribution in [2.75, 3.05) is 0 Å². The molecule has 1 heterocycles. The van der Waals surface area contributed by atoms with Gasteiger partial charge in [-0.15, -0.1) is 10.2 Å². The average molecular weight is 216 g/mol. The predicted molar refractivity (Wildman–Crippen MR) is 38.9 cm³/mol. The van der Waals surface area contributed by atoms with Crippen molar-refractivity contribution in [3.8, 4) is 0 Å². The molecular formula is C4HClF3N3S. The minimum Gasteiger partial charge on any atom is -0.201 e. The number of alkyl halides is 3. The zero-order valence-electron chi connectivity index (χ0n) is 5.34. The van der Waals surface area contributed by atoms with E-state index in [9.17, 15) is 13.2 Å². The third kappa shape index (κ3) is 2.42. The third-order valence-corrected chi connectivity index (χ3v) is 1.66. The van der Waals surface area contributed by atoms with Gasteiger partial charge in [-0.2, -0.15) is 13.2 Å². The van der Waals surface area contributed by atoms with Crippen LogP contribution in [0.2, 0.25) is 0 Å². The van der Waals surface area contributed by atoms with E-state index in [1.54, 1.807) is 0 Å². The topological polar surface area (TPSA) is 38.1 Å². The van der Waals surface area contributed by atoms with Crippen molar-refractivity contribution in [2.24, 2.45) is 4.99 Å². The first-order valence-corrected chi connectivity index (χ1v) is 3.83. The summed E-state index contributed by atoms with van der Waals surface area (Å²) in [5.74, 6) is 0. The van der Waals surface area contributed by atoms with Crippen molar-refractivity contribution in [2.45, 2.75) is 6.18 Å². The van der Waals surface area contributed by atoms with E-state index in [-0.39, 0.29) is 5.13 Å². The van der Waals surface area contributed by atoms with Gasteiger partial charge >= 0.3 is 6.18 Å². The average Bonchev–Trinajstić information content (AvgIpc) is 2.37. The molecule has 0 fully saturated rings. The molecule has 0 bridgehead atoms. The van der Waals surface area contributed by atoms with Crippen LogP contribution >= 0.6 is 22.9 Å². The molecule has 0 atom stereocenters. The van der Waals surface area contributed by atoms with Gasteiger partial charge in [0.05, 0.1) is 0 Å². The highest BCUT2D eigenvalue weighted by atomic mass is 35.5. The zero-order valence-corrected chi connectivity index (χ0v) is 6.91. The summed E-state index contributed by atoms with van der Waals surface area (Å²) in [4.78, 5) is 2.99. The van der Waals surface area contributed by atoms with E-state index >= 15 is 0 Å². The van der Waals surface area contributed by atoms with Gasteiger partial charge in [0.1, 0.15) is 5.51 Å². The second-order valence-electron chi connectivity index (χ2n) is 1.62. The standard InChI is InChI=1S/C4HClF3N3S/c5-2(4(6,7)8)10-3-11-9-1-12-3/h1H. The van der Waals surface area contributed by atoms with E-state index in [1.165, 1.54) is 5.51 Å². The Labute approximate surface area is 73.9 Å². The first-order chi connectivity index (χ1) is 5.50. The Morgan fingerprint density at radius 2 is 2.25 bits per heavy atom. The Balaban J connectivity index is 2.84. The normalized spacial score (nSPS) is 13.5. The number of rotatable bonds is 1. The largest absolute Gasteiger partial charge is 0.444 e. The maximum absolute atomic E-state index is 11.7. The number of hydrogen-bond acceptors (Lipinski definition) is 4. The minimum absolute atomic E-state index is 0.114. The van der Waals surface area contributed by atoms with Crippen LogP contribution < -0.4 is 0 Å². The monoisotopic (exact) mass is 215 g/mol. The summed E-state index contributed by atoms with van der Waals surface area (Å²) < 4.78 is 35.2. The predicted octanol–water partition coefficient (Wildman–Crippen LogP) is 2.37. The second-order valence-corrected chi connectivity index (χ2v) is 2.79. The van der Waals surface area contributed by atoms with Crippen LogP contribution in [0.3, 0.4) is 0 Å². The van der Waals surface area contributed by atoms with Crippen LogP contribution in [0.4, 0.5) is 18.3 Å². The second kappa shape index (κ2) is 3.36. The summed E-state index contributed by atoms with van der Waals surface area (Å²) in [5, 5.41) is 5.00. The molecule has 0 amide bonds. The van der Waals surface area contributed by atoms with Gasteiger partial charge in [-0.3, -0.25) is 0 Å². The highest BCUT2D eigenvalue weighted by molar-refractivity contribution is 7.13. The number of halogens is 4. The Morgan fingerprint density at radius 1 is 1.58 bits per heavy atom. The van der Waals surface area contributed by atoms with Crippen molar-refractivity contribution in [3.63, 3.8) is 0 Å². The van der Waals surface area contributed by atoms with Crippen LogP contribution in [0.1, 0.15) is 0 Å². The van der Waals surface area contributed by atoms with Crippen molar-refractivity contribution in [1.29, 1.82) is 0 Å². The third-order valence-electron chi connectivity index (χ3n) is 0.776. The Morgan fingerprint density at radius 3 is 2.67 bits per heavy atom. The molecule has 0 aliphatic heterocycles. The molecule has 8 heteroatoms. The molecule has 0 saturated heterocycles. The van der Waals surface area contributed by atoms with E-state index in [0.29, 0.717) is 0 Å². The quantitative estimate of drug-likeness (QED) is 0.675. The Kier molecular flexibility index (Phi) is 2.63. The number of nitrogens with zero attached hydrogens (tertiary/aromatic N) is 3. The number of aromatic nitrogens is 2. The lowest BCUT2D eigenvalue weighted by Gasteiger charge is -2.00. The molecule has 0 unspecified atom stereocenters. The lowest BCUT2D eigenvalue weighted by atomic mass is 10.7. The molecule has 0 aliphatic rings. The first kappa shape index (κ1) is 9.40. The zero-order chi connectivity index (χ0) is 9.19. The molecule has 1 rings (SSSR count). The smallest absolute Gasteiger partial charge is 0.201 e. The SMILES string of the molecule is FC(F)(F)C(Cl)=Nc1nncs1. The highest BCUT2D eigenvalue weighted by Gasteiger charge is 2.34. The minimum atomic E-state index is -4.62. The van der Waals surface area contributed by atoms with Crippen molar-refractivity contribution >= 4 is 33.2 Å². The van der Waals surface area contributed by atoms with Gasteiger partial charge in [-0.05, 0) is 0 Å². The molecule has 0 radical (unpaired) electrons. The van der Waals surface area contributed by atoms with Crippen LogP contribution in [-0.4, -0.2) is 21.5 Å². The van der Waals surface area contributed by atoms with Gasteiger partial charge in [-0.25, -0.2) is 4.99 Å². The fourth-order valence-electron chi connectivity index (χ4n) is 0.363. The lowest BCUT2D eigenvalue weighted by molar-refractivity contribution is -0.0558. The summed E-state index contributed by atoms with van der Waals surface area (Å²) in [7, 11) is 0. The molecule has 66 valence electrons. The van der Waals surface area contributed by atoms with E-state index in [4.69, 9.17) is 11.6 Å². The maximum Gasteiger partial charge on any atom is 0.444 e. The van der Waals surface area contributed by atoms with E-state index in [0.717, 1.165) is 11.3 Å². The van der Waals surface area contributed by atoms with Gasteiger partial charge in [0.2, 0.25) is 10.3 Å². The molecule has 0 N–H and O–H groups in total. The van der Waals surface area contributed by atoms with Crippen LogP contribution in [0.5, 0.6) is 0 Å². The maximum atomic E-state index is 11.7. The molecule has 0 saturated carbocycles. The van der Waals surface area contributed by atoms with E-state index < -0.39 is 11.3 Å². The van der Waals surface area contributed by atoms with Crippen molar-refractivity contribution in [3.05, 3.63) is 5.51 Å². The van der Waals surface area contributed by atoms with Gasteiger partial charge in [0.15, 0.2) is 0 Å². The molecular weight excluding hydrogens is 215 g/mol. The molecule has 0 aromatic carbocycles. The van der Waals surface area contributed by atoms with Gasteiger partial charge in [0.25, 0.3) is 0 Å². The molecule has 0 aliphatic carbocycles. The molecule has 12 heavy (non-hydrogen) atoms. The van der Waals surface area contributed by atoms with Crippen LogP contribution in [-0.2, 0) is 0 Å². The van der Waals surface area contributed by atoms with Crippen molar-refractivity contribution in [1.82, 2.24) is 10.2 Å². The fraction of sp³-hybridized carbons (Fsp3) is 0.250. The van der Waals surface area contributed by atoms with E-state index in [1.807, 2.05) is 0 Å². The summed E-state index contributed by atoms with van der Waals surface area (Å²) in [5.41, 5.74) is 1.26. The summed E-state index contributed by atoms with van der Waals surface area (Å²) >= 11 is 5.69. The summed E-state index contributed by atoms with van der Waals surface area (Å²) in [6, 6.07) is 0. The first-order valence-electron chi connectivity index (χ1n) is 2.57. The molecule has 1 aromatic rings. The molecule has 0 spiro atoms. The van der Waals surface area contributed by atoms with Crippen LogP contribution in [0.15, 0.2) is 10.5 Å². The van der Waals surface area contributed by atoms with Gasteiger partial charge in [-0.1, -0.05) is 22.9 Å². The summed E-state index contributed by atoms with van der Waals surface area (Å²) in [6.07, 6.45) is -4.62. The number of hydrogen-bond donors (Lipinski definition) is 0. The van der Waals surface area contributed by atoms with E-state index in [2.05, 4.69) is 15.2 Å². The highest BCUT2D eigenvalue weighted by Crippen LogP contribution is 2.23. The van der Waals surface area contributed by atoms with Crippen molar-refractivity contribution < 1.29 is 13.2 Å². The van der Waals surface area contributed by atoms with Gasteiger partial charge < -0.3 is 0 Å². The summed E-state index contributed by atoms with van der Waals surface area (Å²) in [6.45, 7) is 0. The fourth-order valence-corrected chi connectivity index (χ4v) is 0.920. The van der Waals surface area contributed by atoms with Gasteiger partial charge in [0, 0.05) is 0 Å². The molecule has 3 nitrogen and oxygen atoms in total. The molecule has 1 aromatic heterocycles. The van der Waals surface area contributed by atoms with Crippen LogP contribution in [0, 0.1) is 0 Å². The number of aliphatic imine (C=N–C) groups is 1.